The van der Waals surface area contributed by atoms with Crippen LogP contribution >= 0.6 is 11.8 Å². The Hall–Kier alpha value is -4.20. The van der Waals surface area contributed by atoms with Gasteiger partial charge in [0.25, 0.3) is 0 Å². The van der Waals surface area contributed by atoms with E-state index >= 15 is 0 Å². The highest BCUT2D eigenvalue weighted by Crippen LogP contribution is 2.29. The number of nitrogens with one attached hydrogen (secondary N) is 1. The number of thioether (sulfide) groups is 1. The highest BCUT2D eigenvalue weighted by Gasteiger charge is 2.32. The van der Waals surface area contributed by atoms with Gasteiger partial charge in [-0.15, -0.1) is 18.3 Å². The van der Waals surface area contributed by atoms with Gasteiger partial charge in [0, 0.05) is 12.1 Å². The fraction of sp³-hybridized carbons (Fsp3) is 0.185. The highest BCUT2D eigenvalue weighted by atomic mass is 32.2. The van der Waals surface area contributed by atoms with Crippen molar-refractivity contribution in [2.45, 2.75) is 26.2 Å². The summed E-state index contributed by atoms with van der Waals surface area (Å²) < 4.78 is 42.5. The molecule has 1 amide bonds. The third-order valence-electron chi connectivity index (χ3n) is 5.86. The summed E-state index contributed by atoms with van der Waals surface area (Å²) in [7, 11) is 0. The van der Waals surface area contributed by atoms with Crippen molar-refractivity contribution < 1.29 is 27.8 Å². The van der Waals surface area contributed by atoms with Crippen LogP contribution in [-0.2, 0) is 11.3 Å². The molecule has 0 aliphatic carbocycles. The Morgan fingerprint density at radius 3 is 2.65 bits per heavy atom. The molecule has 2 heterocycles. The summed E-state index contributed by atoms with van der Waals surface area (Å²) in [5, 5.41) is 18.3. The maximum absolute atomic E-state index is 12.5. The fourth-order valence-electron chi connectivity index (χ4n) is 4.01. The van der Waals surface area contributed by atoms with Crippen molar-refractivity contribution in [2.75, 3.05) is 10.7 Å². The average molecular weight is 569 g/mol. The number of hydrogen-bond acceptors (Lipinski definition) is 8. The zero-order valence-corrected chi connectivity index (χ0v) is 21.9. The lowest BCUT2D eigenvalue weighted by Gasteiger charge is -2.19. The van der Waals surface area contributed by atoms with Crippen LogP contribution in [0.3, 0.4) is 0 Å². The SMILES string of the molecule is Cc1ccccc1N1C(=O)CSC1=NC(O)NCc1cccc(-c2ncn(-c3ccc(OC(F)(F)F)cc3)n2)c1. The molecule has 0 saturated carbocycles. The molecule has 9 nitrogen and oxygen atoms in total. The second kappa shape index (κ2) is 11.5. The molecule has 40 heavy (non-hydrogen) atoms. The average Bonchev–Trinajstić information content (AvgIpc) is 3.55. The number of benzene rings is 3. The van der Waals surface area contributed by atoms with Crippen molar-refractivity contribution in [3.63, 3.8) is 0 Å². The maximum atomic E-state index is 12.5. The minimum absolute atomic E-state index is 0.101. The fourth-order valence-corrected chi connectivity index (χ4v) is 4.89. The molecule has 1 unspecified atom stereocenters. The zero-order valence-electron chi connectivity index (χ0n) is 21.0. The minimum atomic E-state index is -4.76. The van der Waals surface area contributed by atoms with Gasteiger partial charge in [0.15, 0.2) is 11.0 Å². The molecule has 1 atom stereocenters. The van der Waals surface area contributed by atoms with E-state index in [1.807, 2.05) is 55.5 Å². The number of aryl methyl sites for hydroxylation is 1. The molecular formula is C27H23F3N6O3S. The molecule has 1 aromatic heterocycles. The molecule has 1 aliphatic heterocycles. The lowest BCUT2D eigenvalue weighted by atomic mass is 10.1. The van der Waals surface area contributed by atoms with E-state index in [-0.39, 0.29) is 24.0 Å². The molecule has 0 bridgehead atoms. The van der Waals surface area contributed by atoms with Gasteiger partial charge < -0.3 is 9.84 Å². The lowest BCUT2D eigenvalue weighted by Crippen LogP contribution is -2.33. The van der Waals surface area contributed by atoms with Gasteiger partial charge in [-0.3, -0.25) is 15.0 Å². The first-order chi connectivity index (χ1) is 19.2. The first-order valence-corrected chi connectivity index (χ1v) is 13.0. The number of aliphatic imine (C=N–C) groups is 1. The summed E-state index contributed by atoms with van der Waals surface area (Å²) in [5.74, 6) is 0.223. The third kappa shape index (κ3) is 6.50. The van der Waals surface area contributed by atoms with Gasteiger partial charge >= 0.3 is 6.36 Å². The van der Waals surface area contributed by atoms with Crippen molar-refractivity contribution in [1.82, 2.24) is 20.1 Å². The van der Waals surface area contributed by atoms with Crippen LogP contribution in [0.15, 0.2) is 84.1 Å². The van der Waals surface area contributed by atoms with Crippen LogP contribution in [0.2, 0.25) is 0 Å². The number of hydrogen-bond donors (Lipinski definition) is 2. The number of ether oxygens (including phenoxy) is 1. The van der Waals surface area contributed by atoms with E-state index in [1.54, 1.807) is 0 Å². The van der Waals surface area contributed by atoms with Crippen LogP contribution < -0.4 is 15.0 Å². The Bertz CT molecular complexity index is 1540. The highest BCUT2D eigenvalue weighted by molar-refractivity contribution is 8.15. The first kappa shape index (κ1) is 27.4. The van der Waals surface area contributed by atoms with Crippen molar-refractivity contribution >= 4 is 28.5 Å². The maximum Gasteiger partial charge on any atom is 0.573 e. The van der Waals surface area contributed by atoms with E-state index in [0.29, 0.717) is 22.2 Å². The van der Waals surface area contributed by atoms with Crippen molar-refractivity contribution in [1.29, 1.82) is 0 Å². The number of anilines is 1. The number of rotatable bonds is 8. The van der Waals surface area contributed by atoms with Gasteiger partial charge in [0.05, 0.1) is 17.1 Å². The number of aliphatic hydroxyl groups excluding tert-OH is 1. The Kier molecular flexibility index (Phi) is 7.87. The molecule has 0 radical (unpaired) electrons. The second-order valence-electron chi connectivity index (χ2n) is 8.73. The Morgan fingerprint density at radius 1 is 1.12 bits per heavy atom. The molecule has 5 rings (SSSR count). The summed E-state index contributed by atoms with van der Waals surface area (Å²) in [6.07, 6.45) is -4.55. The number of alkyl halides is 3. The quantitative estimate of drug-likeness (QED) is 0.299. The zero-order chi connectivity index (χ0) is 28.3. The predicted molar refractivity (Wildman–Crippen MR) is 145 cm³/mol. The molecule has 3 aromatic carbocycles. The van der Waals surface area contributed by atoms with Crippen molar-refractivity contribution in [3.8, 4) is 22.8 Å². The number of amidine groups is 1. The molecule has 1 fully saturated rings. The number of aromatic nitrogens is 3. The summed E-state index contributed by atoms with van der Waals surface area (Å²) in [5.41, 5.74) is 3.70. The van der Waals surface area contributed by atoms with Crippen LogP contribution in [0.5, 0.6) is 5.75 Å². The molecule has 1 aliphatic rings. The van der Waals surface area contributed by atoms with Gasteiger partial charge in [-0.25, -0.2) is 14.7 Å². The van der Waals surface area contributed by atoms with Crippen LogP contribution in [-0.4, -0.2) is 49.4 Å². The van der Waals surface area contributed by atoms with Gasteiger partial charge in [0.1, 0.15) is 12.1 Å². The number of carbonyl (C=O) groups is 1. The van der Waals surface area contributed by atoms with E-state index in [1.165, 1.54) is 51.9 Å². The third-order valence-corrected chi connectivity index (χ3v) is 6.79. The Morgan fingerprint density at radius 2 is 1.90 bits per heavy atom. The summed E-state index contributed by atoms with van der Waals surface area (Å²) in [4.78, 5) is 22.6. The van der Waals surface area contributed by atoms with E-state index in [0.717, 1.165) is 16.8 Å². The number of amides is 1. The van der Waals surface area contributed by atoms with Crippen LogP contribution in [0, 0.1) is 6.92 Å². The molecular weight excluding hydrogens is 545 g/mol. The van der Waals surface area contributed by atoms with Crippen molar-refractivity contribution in [2.24, 2.45) is 4.99 Å². The molecule has 13 heteroatoms. The number of halogens is 3. The lowest BCUT2D eigenvalue weighted by molar-refractivity contribution is -0.274. The Labute approximate surface area is 231 Å². The summed E-state index contributed by atoms with van der Waals surface area (Å²) in [6.45, 7) is 2.18. The van der Waals surface area contributed by atoms with E-state index in [4.69, 9.17) is 0 Å². The largest absolute Gasteiger partial charge is 0.573 e. The standard InChI is InChI=1S/C27H23F3N6O3S/c1-17-5-2-3-8-22(17)36-23(37)15-40-26(36)33-25(38)31-14-18-6-4-7-19(13-18)24-32-16-35(34-24)20-9-11-21(12-10-20)39-27(28,29)30/h2-13,16,25,31,38H,14-15H2,1H3. The van der Waals surface area contributed by atoms with E-state index in [9.17, 15) is 23.1 Å². The predicted octanol–water partition coefficient (Wildman–Crippen LogP) is 4.64. The smallest absolute Gasteiger partial charge is 0.406 e. The number of aliphatic hydroxyl groups is 1. The summed E-state index contributed by atoms with van der Waals surface area (Å²) in [6, 6.07) is 20.1. The monoisotopic (exact) mass is 568 g/mol. The summed E-state index contributed by atoms with van der Waals surface area (Å²) >= 11 is 1.27. The normalized spacial score (nSPS) is 15.6. The van der Waals surface area contributed by atoms with Crippen LogP contribution in [0.1, 0.15) is 11.1 Å². The molecule has 1 saturated heterocycles. The number of nitrogens with zero attached hydrogens (tertiary/aromatic N) is 5. The van der Waals surface area contributed by atoms with E-state index in [2.05, 4.69) is 25.1 Å². The minimum Gasteiger partial charge on any atom is -0.406 e. The first-order valence-electron chi connectivity index (χ1n) is 12.0. The van der Waals surface area contributed by atoms with Crippen LogP contribution in [0.25, 0.3) is 17.1 Å². The van der Waals surface area contributed by atoms with Crippen LogP contribution in [0.4, 0.5) is 18.9 Å². The molecule has 0 spiro atoms. The second-order valence-corrected chi connectivity index (χ2v) is 9.67. The Balaban J connectivity index is 1.24. The molecule has 2 N–H and O–H groups in total. The molecule has 206 valence electrons. The van der Waals surface area contributed by atoms with Gasteiger partial charge in [0.2, 0.25) is 12.3 Å². The van der Waals surface area contributed by atoms with E-state index < -0.39 is 12.7 Å². The van der Waals surface area contributed by atoms with Gasteiger partial charge in [-0.1, -0.05) is 48.2 Å². The number of carbonyl (C=O) groups excluding carboxylic acids is 1. The van der Waals surface area contributed by atoms with Gasteiger partial charge in [-0.05, 0) is 54.4 Å². The molecule has 4 aromatic rings. The number of para-hydroxylation sites is 1. The van der Waals surface area contributed by atoms with Crippen molar-refractivity contribution in [3.05, 3.63) is 90.3 Å². The van der Waals surface area contributed by atoms with Gasteiger partial charge in [-0.2, -0.15) is 0 Å². The topological polar surface area (TPSA) is 105 Å².